The Bertz CT molecular complexity index is 765. The number of hydrogen-bond acceptors (Lipinski definition) is 4. The molecule has 2 heterocycles. The van der Waals surface area contributed by atoms with E-state index in [4.69, 9.17) is 0 Å². The topological polar surface area (TPSA) is 37.6 Å². The Morgan fingerprint density at radius 3 is 3.00 bits per heavy atom. The van der Waals surface area contributed by atoms with Gasteiger partial charge in [0.15, 0.2) is 17.1 Å². The summed E-state index contributed by atoms with van der Waals surface area (Å²) in [6.07, 6.45) is 2.73. The van der Waals surface area contributed by atoms with Gasteiger partial charge in [0, 0.05) is 29.6 Å². The molecule has 2 aromatic heterocycles. The number of fused-ring (bicyclic) bond motifs is 1. The van der Waals surface area contributed by atoms with Gasteiger partial charge in [0.25, 0.3) is 0 Å². The maximum Gasteiger partial charge on any atom is 0.196 e. The molecule has 0 aliphatic rings. The highest BCUT2D eigenvalue weighted by Gasteiger charge is 2.16. The number of aldehydes is 1. The third-order valence-electron chi connectivity index (χ3n) is 3.12. The van der Waals surface area contributed by atoms with Crippen molar-refractivity contribution in [3.8, 4) is 0 Å². The molecule has 0 spiro atoms. The Kier molecular flexibility index (Phi) is 3.58. The van der Waals surface area contributed by atoms with Gasteiger partial charge in [-0.1, -0.05) is 34.1 Å². The number of rotatable bonds is 4. The summed E-state index contributed by atoms with van der Waals surface area (Å²) in [6.45, 7) is 0.688. The van der Waals surface area contributed by atoms with Crippen LogP contribution in [0.1, 0.15) is 16.1 Å². The van der Waals surface area contributed by atoms with Crippen molar-refractivity contribution in [1.82, 2.24) is 9.38 Å². The van der Waals surface area contributed by atoms with Crippen LogP contribution in [0.5, 0.6) is 0 Å². The Balaban J connectivity index is 1.96. The van der Waals surface area contributed by atoms with Crippen LogP contribution >= 0.6 is 27.3 Å². The molecule has 0 aliphatic carbocycles. The first-order chi connectivity index (χ1) is 9.70. The second-order valence-electron chi connectivity index (χ2n) is 4.44. The van der Waals surface area contributed by atoms with Gasteiger partial charge in [-0.2, -0.15) is 0 Å². The van der Waals surface area contributed by atoms with Crippen molar-refractivity contribution >= 4 is 44.3 Å². The minimum atomic E-state index is 0.593. The summed E-state index contributed by atoms with van der Waals surface area (Å²) in [5.74, 6) is 0.711. The largest absolute Gasteiger partial charge is 0.353 e. The molecule has 102 valence electrons. The lowest BCUT2D eigenvalue weighted by Gasteiger charge is -2.18. The van der Waals surface area contributed by atoms with Crippen molar-refractivity contribution < 1.29 is 4.79 Å². The summed E-state index contributed by atoms with van der Waals surface area (Å²) in [7, 11) is 1.94. The van der Waals surface area contributed by atoms with Gasteiger partial charge in [-0.25, -0.2) is 4.98 Å². The van der Waals surface area contributed by atoms with Gasteiger partial charge in [-0.15, -0.1) is 11.3 Å². The fraction of sp³-hybridized carbons (Fsp3) is 0.143. The van der Waals surface area contributed by atoms with E-state index >= 15 is 0 Å². The Labute approximate surface area is 128 Å². The highest BCUT2D eigenvalue weighted by Crippen LogP contribution is 2.25. The second-order valence-corrected chi connectivity index (χ2v) is 6.17. The number of carbonyl (C=O) groups excluding carboxylic acids is 1. The van der Waals surface area contributed by atoms with E-state index in [1.807, 2.05) is 46.1 Å². The van der Waals surface area contributed by atoms with Crippen molar-refractivity contribution in [3.05, 3.63) is 51.6 Å². The fourth-order valence-corrected chi connectivity index (χ4v) is 3.27. The van der Waals surface area contributed by atoms with Gasteiger partial charge < -0.3 is 4.90 Å². The molecule has 0 fully saturated rings. The maximum atomic E-state index is 11.3. The molecule has 0 saturated heterocycles. The lowest BCUT2D eigenvalue weighted by molar-refractivity contribution is 0.111. The van der Waals surface area contributed by atoms with E-state index in [9.17, 15) is 4.79 Å². The van der Waals surface area contributed by atoms with E-state index in [-0.39, 0.29) is 0 Å². The van der Waals surface area contributed by atoms with Crippen molar-refractivity contribution in [2.24, 2.45) is 0 Å². The minimum Gasteiger partial charge on any atom is -0.353 e. The summed E-state index contributed by atoms with van der Waals surface area (Å²) in [5.41, 5.74) is 1.75. The van der Waals surface area contributed by atoms with Crippen LogP contribution in [-0.4, -0.2) is 22.7 Å². The zero-order valence-electron chi connectivity index (χ0n) is 10.8. The fourth-order valence-electron chi connectivity index (χ4n) is 2.14. The summed E-state index contributed by atoms with van der Waals surface area (Å²) < 4.78 is 2.88. The first kappa shape index (κ1) is 13.3. The molecule has 0 amide bonds. The van der Waals surface area contributed by atoms with E-state index in [1.54, 1.807) is 0 Å². The summed E-state index contributed by atoms with van der Waals surface area (Å²) in [4.78, 5) is 18.7. The number of carbonyl (C=O) groups is 1. The zero-order valence-corrected chi connectivity index (χ0v) is 13.2. The van der Waals surface area contributed by atoms with Crippen LogP contribution in [0.15, 0.2) is 40.3 Å². The monoisotopic (exact) mass is 349 g/mol. The SMILES string of the molecule is CN(Cc1ccccc1Br)c1nc2sccn2c1C=O. The summed E-state index contributed by atoms with van der Waals surface area (Å²) in [6, 6.07) is 8.05. The molecule has 1 aromatic carbocycles. The van der Waals surface area contributed by atoms with Crippen LogP contribution in [0.3, 0.4) is 0 Å². The quantitative estimate of drug-likeness (QED) is 0.675. The second kappa shape index (κ2) is 5.38. The van der Waals surface area contributed by atoms with Gasteiger partial charge in [0.2, 0.25) is 0 Å². The van der Waals surface area contributed by atoms with Crippen molar-refractivity contribution in [1.29, 1.82) is 0 Å². The first-order valence-corrected chi connectivity index (χ1v) is 7.73. The molecule has 6 heteroatoms. The summed E-state index contributed by atoms with van der Waals surface area (Å²) >= 11 is 5.06. The van der Waals surface area contributed by atoms with Crippen LogP contribution in [0.25, 0.3) is 4.96 Å². The number of nitrogens with zero attached hydrogens (tertiary/aromatic N) is 3. The molecule has 0 radical (unpaired) electrons. The number of thiazole rings is 1. The van der Waals surface area contributed by atoms with Gasteiger partial charge in [0.05, 0.1) is 0 Å². The van der Waals surface area contributed by atoms with Crippen molar-refractivity contribution in [2.75, 3.05) is 11.9 Å². The van der Waals surface area contributed by atoms with E-state index in [0.717, 1.165) is 21.3 Å². The van der Waals surface area contributed by atoms with E-state index in [0.29, 0.717) is 18.1 Å². The average molecular weight is 350 g/mol. The van der Waals surface area contributed by atoms with Gasteiger partial charge >= 0.3 is 0 Å². The maximum absolute atomic E-state index is 11.3. The first-order valence-electron chi connectivity index (χ1n) is 6.06. The number of halogens is 1. The Hall–Kier alpha value is -1.66. The molecule has 0 N–H and O–H groups in total. The van der Waals surface area contributed by atoms with Crippen molar-refractivity contribution in [3.63, 3.8) is 0 Å². The van der Waals surface area contributed by atoms with Gasteiger partial charge in [0.1, 0.15) is 5.69 Å². The lowest BCUT2D eigenvalue weighted by Crippen LogP contribution is -2.18. The highest BCUT2D eigenvalue weighted by atomic mass is 79.9. The van der Waals surface area contributed by atoms with Gasteiger partial charge in [-0.3, -0.25) is 9.20 Å². The summed E-state index contributed by atoms with van der Waals surface area (Å²) in [5, 5.41) is 1.92. The van der Waals surface area contributed by atoms with Crippen LogP contribution in [0, 0.1) is 0 Å². The highest BCUT2D eigenvalue weighted by molar-refractivity contribution is 9.10. The third-order valence-corrected chi connectivity index (χ3v) is 4.65. The molecule has 0 bridgehead atoms. The standard InChI is InChI=1S/C14H12BrN3OS/c1-17(8-10-4-2-3-5-11(10)15)13-12(9-19)18-6-7-20-14(18)16-13/h2-7,9H,8H2,1H3. The lowest BCUT2D eigenvalue weighted by atomic mass is 10.2. The predicted molar refractivity (Wildman–Crippen MR) is 84.7 cm³/mol. The Morgan fingerprint density at radius 2 is 2.25 bits per heavy atom. The molecule has 0 saturated carbocycles. The minimum absolute atomic E-state index is 0.593. The number of aromatic nitrogens is 2. The Morgan fingerprint density at radius 1 is 1.45 bits per heavy atom. The van der Waals surface area contributed by atoms with E-state index in [1.165, 1.54) is 11.3 Å². The molecular weight excluding hydrogens is 338 g/mol. The number of anilines is 1. The zero-order chi connectivity index (χ0) is 14.1. The number of hydrogen-bond donors (Lipinski definition) is 0. The normalized spacial score (nSPS) is 10.9. The van der Waals surface area contributed by atoms with Gasteiger partial charge in [-0.05, 0) is 11.6 Å². The molecule has 0 atom stereocenters. The van der Waals surface area contributed by atoms with E-state index in [2.05, 4.69) is 27.0 Å². The van der Waals surface area contributed by atoms with Crippen LogP contribution in [0.2, 0.25) is 0 Å². The predicted octanol–water partition coefficient (Wildman–Crippen LogP) is 3.61. The molecular formula is C14H12BrN3OS. The molecule has 0 unspecified atom stereocenters. The molecule has 0 aliphatic heterocycles. The number of benzene rings is 1. The average Bonchev–Trinajstić information content (AvgIpc) is 3.01. The molecule has 20 heavy (non-hydrogen) atoms. The molecule has 3 rings (SSSR count). The van der Waals surface area contributed by atoms with E-state index < -0.39 is 0 Å². The molecule has 4 nitrogen and oxygen atoms in total. The van der Waals surface area contributed by atoms with Crippen LogP contribution < -0.4 is 4.90 Å². The van der Waals surface area contributed by atoms with Crippen molar-refractivity contribution in [2.45, 2.75) is 6.54 Å². The number of imidazole rings is 1. The van der Waals surface area contributed by atoms with Crippen LogP contribution in [0.4, 0.5) is 5.82 Å². The molecule has 3 aromatic rings. The third kappa shape index (κ3) is 2.25. The smallest absolute Gasteiger partial charge is 0.196 e. The van der Waals surface area contributed by atoms with Crippen LogP contribution in [-0.2, 0) is 6.54 Å².